The van der Waals surface area contributed by atoms with Gasteiger partial charge in [0, 0.05) is 27.5 Å². The summed E-state index contributed by atoms with van der Waals surface area (Å²) in [5.74, 6) is -0.280. The van der Waals surface area contributed by atoms with Crippen LogP contribution >= 0.6 is 15.9 Å². The maximum Gasteiger partial charge on any atom is 0.251 e. The van der Waals surface area contributed by atoms with Crippen molar-refractivity contribution >= 4 is 39.1 Å². The van der Waals surface area contributed by atoms with Crippen molar-refractivity contribution in [2.24, 2.45) is 0 Å². The van der Waals surface area contributed by atoms with E-state index in [1.807, 2.05) is 38.1 Å². The van der Waals surface area contributed by atoms with Crippen molar-refractivity contribution < 1.29 is 9.59 Å². The van der Waals surface area contributed by atoms with E-state index < -0.39 is 0 Å². The molecule has 0 unspecified atom stereocenters. The topological polar surface area (TPSA) is 70.2 Å². The van der Waals surface area contributed by atoms with Crippen LogP contribution in [0.4, 0.5) is 11.4 Å². The van der Waals surface area contributed by atoms with Crippen molar-refractivity contribution in [3.05, 3.63) is 58.6 Å². The molecule has 0 saturated heterocycles. The zero-order valence-corrected chi connectivity index (χ0v) is 15.2. The second kappa shape index (κ2) is 8.49. The van der Waals surface area contributed by atoms with Crippen LogP contribution in [-0.4, -0.2) is 24.4 Å². The molecule has 0 bridgehead atoms. The number of carbonyl (C=O) groups excluding carboxylic acids is 2. The largest absolute Gasteiger partial charge is 0.376 e. The molecule has 5 nitrogen and oxygen atoms in total. The maximum absolute atomic E-state index is 12.0. The van der Waals surface area contributed by atoms with Gasteiger partial charge in [-0.05, 0) is 62.4 Å². The van der Waals surface area contributed by atoms with Crippen LogP contribution in [0.2, 0.25) is 0 Å². The van der Waals surface area contributed by atoms with E-state index in [2.05, 4.69) is 31.9 Å². The Balaban J connectivity index is 1.85. The number of halogens is 1. The van der Waals surface area contributed by atoms with E-state index >= 15 is 0 Å². The fourth-order valence-electron chi connectivity index (χ4n) is 2.01. The van der Waals surface area contributed by atoms with E-state index in [1.165, 1.54) is 0 Å². The van der Waals surface area contributed by atoms with Gasteiger partial charge in [-0.25, -0.2) is 0 Å². The van der Waals surface area contributed by atoms with Crippen LogP contribution in [0.3, 0.4) is 0 Å². The minimum Gasteiger partial charge on any atom is -0.376 e. The summed E-state index contributed by atoms with van der Waals surface area (Å²) >= 11 is 3.36. The van der Waals surface area contributed by atoms with Crippen LogP contribution in [0.1, 0.15) is 24.2 Å². The quantitative estimate of drug-likeness (QED) is 0.706. The molecule has 0 saturated carbocycles. The molecule has 126 valence electrons. The Morgan fingerprint density at radius 3 is 2.12 bits per heavy atom. The maximum atomic E-state index is 12.0. The molecule has 0 aromatic heterocycles. The van der Waals surface area contributed by atoms with Gasteiger partial charge in [0.2, 0.25) is 5.91 Å². The number of rotatable bonds is 6. The lowest BCUT2D eigenvalue weighted by molar-refractivity contribution is -0.114. The smallest absolute Gasteiger partial charge is 0.251 e. The van der Waals surface area contributed by atoms with Gasteiger partial charge >= 0.3 is 0 Å². The highest BCUT2D eigenvalue weighted by atomic mass is 79.9. The third-order valence-electron chi connectivity index (χ3n) is 3.15. The van der Waals surface area contributed by atoms with Gasteiger partial charge in [-0.2, -0.15) is 0 Å². The molecule has 2 amide bonds. The van der Waals surface area contributed by atoms with Crippen molar-refractivity contribution in [3.63, 3.8) is 0 Å². The van der Waals surface area contributed by atoms with Crippen molar-refractivity contribution in [2.75, 3.05) is 17.2 Å². The monoisotopic (exact) mass is 389 g/mol. The Kier molecular flexibility index (Phi) is 6.37. The fraction of sp³-hybridized carbons (Fsp3) is 0.222. The number of hydrogen-bond acceptors (Lipinski definition) is 3. The molecule has 6 heteroatoms. The van der Waals surface area contributed by atoms with E-state index in [9.17, 15) is 9.59 Å². The highest BCUT2D eigenvalue weighted by molar-refractivity contribution is 9.10. The summed E-state index contributed by atoms with van der Waals surface area (Å²) in [6.07, 6.45) is 0. The standard InChI is InChI=1S/C18H20BrN3O2/c1-12(2)21-18(24)13-3-7-16(8-4-13)22-17(23)11-20-15-9-5-14(19)6-10-15/h3-10,12,20H,11H2,1-2H3,(H,21,24)(H,22,23). The summed E-state index contributed by atoms with van der Waals surface area (Å²) in [6, 6.07) is 14.5. The van der Waals surface area contributed by atoms with Crippen LogP contribution in [0, 0.1) is 0 Å². The Hall–Kier alpha value is -2.34. The molecule has 2 aromatic carbocycles. The Labute approximate surface area is 150 Å². The molecule has 0 radical (unpaired) electrons. The first-order valence-electron chi connectivity index (χ1n) is 7.64. The van der Waals surface area contributed by atoms with Crippen LogP contribution in [0.25, 0.3) is 0 Å². The van der Waals surface area contributed by atoms with E-state index in [0.29, 0.717) is 11.3 Å². The first-order valence-corrected chi connectivity index (χ1v) is 8.43. The van der Waals surface area contributed by atoms with E-state index in [-0.39, 0.29) is 24.4 Å². The first kappa shape index (κ1) is 18.0. The lowest BCUT2D eigenvalue weighted by Crippen LogP contribution is -2.30. The first-order chi connectivity index (χ1) is 11.4. The van der Waals surface area contributed by atoms with Gasteiger partial charge in [0.15, 0.2) is 0 Å². The van der Waals surface area contributed by atoms with E-state index in [1.54, 1.807) is 24.3 Å². The molecule has 0 aliphatic carbocycles. The molecular weight excluding hydrogens is 370 g/mol. The van der Waals surface area contributed by atoms with Crippen molar-refractivity contribution in [3.8, 4) is 0 Å². The second-order valence-corrected chi connectivity index (χ2v) is 6.53. The molecule has 3 N–H and O–H groups in total. The van der Waals surface area contributed by atoms with Gasteiger partial charge in [-0.3, -0.25) is 9.59 Å². The minimum absolute atomic E-state index is 0.0848. The predicted octanol–water partition coefficient (Wildman–Crippen LogP) is 3.64. The zero-order valence-electron chi connectivity index (χ0n) is 13.6. The van der Waals surface area contributed by atoms with Gasteiger partial charge in [0.05, 0.1) is 6.54 Å². The number of hydrogen-bond donors (Lipinski definition) is 3. The summed E-state index contributed by atoms with van der Waals surface area (Å²) in [5, 5.41) is 8.66. The molecule has 2 rings (SSSR count). The third kappa shape index (κ3) is 5.70. The molecular formula is C18H20BrN3O2. The highest BCUT2D eigenvalue weighted by Crippen LogP contribution is 2.14. The van der Waals surface area contributed by atoms with E-state index in [4.69, 9.17) is 0 Å². The lowest BCUT2D eigenvalue weighted by atomic mass is 10.2. The highest BCUT2D eigenvalue weighted by Gasteiger charge is 2.07. The molecule has 0 spiro atoms. The van der Waals surface area contributed by atoms with Gasteiger partial charge in [-0.1, -0.05) is 15.9 Å². The molecule has 0 atom stereocenters. The van der Waals surface area contributed by atoms with Crippen LogP contribution < -0.4 is 16.0 Å². The normalized spacial score (nSPS) is 10.3. The molecule has 0 fully saturated rings. The van der Waals surface area contributed by atoms with Gasteiger partial charge < -0.3 is 16.0 Å². The van der Waals surface area contributed by atoms with Crippen LogP contribution in [0.15, 0.2) is 53.0 Å². The number of benzene rings is 2. The molecule has 0 aliphatic heterocycles. The van der Waals surface area contributed by atoms with Crippen LogP contribution in [0.5, 0.6) is 0 Å². The summed E-state index contributed by atoms with van der Waals surface area (Å²) in [6.45, 7) is 3.98. The third-order valence-corrected chi connectivity index (χ3v) is 3.68. The van der Waals surface area contributed by atoms with Gasteiger partial charge in [0.25, 0.3) is 5.91 Å². The van der Waals surface area contributed by atoms with Crippen molar-refractivity contribution in [1.82, 2.24) is 5.32 Å². The van der Waals surface area contributed by atoms with E-state index in [0.717, 1.165) is 10.2 Å². The Morgan fingerprint density at radius 1 is 0.958 bits per heavy atom. The minimum atomic E-state index is -0.155. The van der Waals surface area contributed by atoms with Crippen LogP contribution in [-0.2, 0) is 4.79 Å². The molecule has 0 aliphatic rings. The fourth-order valence-corrected chi connectivity index (χ4v) is 2.27. The molecule has 2 aromatic rings. The Morgan fingerprint density at radius 2 is 1.54 bits per heavy atom. The van der Waals surface area contributed by atoms with Crippen molar-refractivity contribution in [2.45, 2.75) is 19.9 Å². The number of anilines is 2. The number of carbonyl (C=O) groups is 2. The molecule has 24 heavy (non-hydrogen) atoms. The predicted molar refractivity (Wildman–Crippen MR) is 100 cm³/mol. The Bertz CT molecular complexity index is 697. The average Bonchev–Trinajstić information content (AvgIpc) is 2.54. The average molecular weight is 390 g/mol. The lowest BCUT2D eigenvalue weighted by Gasteiger charge is -2.10. The van der Waals surface area contributed by atoms with Crippen molar-refractivity contribution in [1.29, 1.82) is 0 Å². The van der Waals surface area contributed by atoms with Gasteiger partial charge in [0.1, 0.15) is 0 Å². The summed E-state index contributed by atoms with van der Waals surface area (Å²) in [5.41, 5.74) is 2.09. The summed E-state index contributed by atoms with van der Waals surface area (Å²) in [4.78, 5) is 23.8. The zero-order chi connectivity index (χ0) is 17.5. The molecule has 0 heterocycles. The van der Waals surface area contributed by atoms with Gasteiger partial charge in [-0.15, -0.1) is 0 Å². The SMILES string of the molecule is CC(C)NC(=O)c1ccc(NC(=O)CNc2ccc(Br)cc2)cc1. The second-order valence-electron chi connectivity index (χ2n) is 5.61. The number of amides is 2. The summed E-state index contributed by atoms with van der Waals surface area (Å²) in [7, 11) is 0. The summed E-state index contributed by atoms with van der Waals surface area (Å²) < 4.78 is 0.985. The number of nitrogens with one attached hydrogen (secondary N) is 3.